The Balaban J connectivity index is 1.65. The Kier molecular flexibility index (Phi) is 4.63. The summed E-state index contributed by atoms with van der Waals surface area (Å²) in [5.41, 5.74) is 2.10. The van der Waals surface area contributed by atoms with Gasteiger partial charge in [0.25, 0.3) is 0 Å². The molecule has 0 radical (unpaired) electrons. The average molecular weight is 297 g/mol. The number of pyridine rings is 1. The lowest BCUT2D eigenvalue weighted by atomic mass is 10.0. The van der Waals surface area contributed by atoms with Crippen molar-refractivity contribution in [3.05, 3.63) is 48.2 Å². The van der Waals surface area contributed by atoms with Crippen molar-refractivity contribution in [2.24, 2.45) is 0 Å². The van der Waals surface area contributed by atoms with Crippen molar-refractivity contribution in [1.82, 2.24) is 19.9 Å². The fraction of sp³-hybridized carbons (Fsp3) is 0.471. The second-order valence-corrected chi connectivity index (χ2v) is 5.99. The number of piperidine rings is 1. The second kappa shape index (κ2) is 6.83. The van der Waals surface area contributed by atoms with Crippen LogP contribution < -0.4 is 4.90 Å². The van der Waals surface area contributed by atoms with Crippen LogP contribution in [-0.4, -0.2) is 46.0 Å². The molecule has 2 aromatic rings. The van der Waals surface area contributed by atoms with Gasteiger partial charge in [0.15, 0.2) is 0 Å². The molecule has 1 aliphatic heterocycles. The monoisotopic (exact) mass is 297 g/mol. The Morgan fingerprint density at radius 1 is 1.32 bits per heavy atom. The highest BCUT2D eigenvalue weighted by molar-refractivity contribution is 5.40. The smallest absolute Gasteiger partial charge is 0.128 e. The zero-order valence-corrected chi connectivity index (χ0v) is 13.3. The van der Waals surface area contributed by atoms with Crippen molar-refractivity contribution in [2.75, 3.05) is 25.0 Å². The van der Waals surface area contributed by atoms with E-state index < -0.39 is 0 Å². The molecule has 1 atom stereocenters. The van der Waals surface area contributed by atoms with Gasteiger partial charge in [0.1, 0.15) is 5.82 Å². The molecule has 1 fully saturated rings. The summed E-state index contributed by atoms with van der Waals surface area (Å²) in [5, 5.41) is 0. The van der Waals surface area contributed by atoms with Gasteiger partial charge >= 0.3 is 0 Å². The van der Waals surface area contributed by atoms with E-state index in [0.717, 1.165) is 36.8 Å². The molecule has 116 valence electrons. The molecule has 5 nitrogen and oxygen atoms in total. The van der Waals surface area contributed by atoms with Crippen LogP contribution in [0.2, 0.25) is 0 Å². The lowest BCUT2D eigenvalue weighted by molar-refractivity contribution is 0.205. The van der Waals surface area contributed by atoms with Crippen molar-refractivity contribution in [1.29, 1.82) is 0 Å². The topological polar surface area (TPSA) is 45.2 Å². The van der Waals surface area contributed by atoms with Crippen LogP contribution >= 0.6 is 0 Å². The number of nitrogens with zero attached hydrogens (tertiary/aromatic N) is 5. The first-order valence-corrected chi connectivity index (χ1v) is 7.86. The van der Waals surface area contributed by atoms with Gasteiger partial charge < -0.3 is 4.90 Å². The zero-order chi connectivity index (χ0) is 15.4. The fourth-order valence-electron chi connectivity index (χ4n) is 3.02. The third-order valence-electron chi connectivity index (χ3n) is 4.25. The number of aromatic nitrogens is 3. The molecule has 2 aromatic heterocycles. The van der Waals surface area contributed by atoms with E-state index in [1.807, 2.05) is 19.2 Å². The molecule has 5 heteroatoms. The molecule has 0 N–H and O–H groups in total. The molecule has 0 aliphatic carbocycles. The van der Waals surface area contributed by atoms with Crippen LogP contribution in [0, 0.1) is 6.92 Å². The fourth-order valence-corrected chi connectivity index (χ4v) is 3.02. The van der Waals surface area contributed by atoms with Crippen LogP contribution in [0.15, 0.2) is 36.8 Å². The maximum atomic E-state index is 4.66. The van der Waals surface area contributed by atoms with Gasteiger partial charge in [-0.1, -0.05) is 6.07 Å². The predicted octanol–water partition coefficient (Wildman–Crippen LogP) is 2.28. The number of anilines is 1. The summed E-state index contributed by atoms with van der Waals surface area (Å²) in [5.74, 6) is 1.10. The molecule has 0 saturated carbocycles. The summed E-state index contributed by atoms with van der Waals surface area (Å²) in [6.07, 6.45) is 7.74. The first kappa shape index (κ1) is 14.9. The maximum absolute atomic E-state index is 4.66. The summed E-state index contributed by atoms with van der Waals surface area (Å²) in [6.45, 7) is 5.00. The molecule has 3 rings (SSSR count). The van der Waals surface area contributed by atoms with Crippen LogP contribution in [0.5, 0.6) is 0 Å². The Morgan fingerprint density at radius 3 is 3.00 bits per heavy atom. The van der Waals surface area contributed by atoms with E-state index in [4.69, 9.17) is 0 Å². The minimum absolute atomic E-state index is 0.526. The highest BCUT2D eigenvalue weighted by atomic mass is 15.2. The molecular weight excluding hydrogens is 274 g/mol. The Labute approximate surface area is 132 Å². The summed E-state index contributed by atoms with van der Waals surface area (Å²) in [7, 11) is 2.17. The largest absolute Gasteiger partial charge is 0.355 e. The predicted molar refractivity (Wildman–Crippen MR) is 87.7 cm³/mol. The van der Waals surface area contributed by atoms with E-state index in [9.17, 15) is 0 Å². The van der Waals surface area contributed by atoms with Gasteiger partial charge in [-0.3, -0.25) is 14.9 Å². The van der Waals surface area contributed by atoms with Crippen LogP contribution in [0.3, 0.4) is 0 Å². The van der Waals surface area contributed by atoms with Crippen molar-refractivity contribution >= 4 is 5.82 Å². The summed E-state index contributed by atoms with van der Waals surface area (Å²) in [6, 6.07) is 6.77. The van der Waals surface area contributed by atoms with Gasteiger partial charge in [-0.2, -0.15) is 0 Å². The molecule has 0 amide bonds. The van der Waals surface area contributed by atoms with Crippen LogP contribution in [-0.2, 0) is 6.54 Å². The number of aryl methyl sites for hydroxylation is 1. The van der Waals surface area contributed by atoms with E-state index in [2.05, 4.69) is 43.9 Å². The van der Waals surface area contributed by atoms with E-state index in [-0.39, 0.29) is 0 Å². The first-order valence-electron chi connectivity index (χ1n) is 7.86. The number of hydrogen-bond donors (Lipinski definition) is 0. The number of likely N-dealkylation sites (N-methyl/N-ethyl adjacent to an activating group) is 1. The number of hydrogen-bond acceptors (Lipinski definition) is 5. The minimum atomic E-state index is 0.526. The highest BCUT2D eigenvalue weighted by Crippen LogP contribution is 2.21. The van der Waals surface area contributed by atoms with E-state index in [1.165, 1.54) is 12.8 Å². The van der Waals surface area contributed by atoms with Gasteiger partial charge in [-0.15, -0.1) is 0 Å². The third kappa shape index (κ3) is 3.60. The van der Waals surface area contributed by atoms with E-state index in [0.29, 0.717) is 6.04 Å². The summed E-state index contributed by atoms with van der Waals surface area (Å²) < 4.78 is 0. The van der Waals surface area contributed by atoms with E-state index >= 15 is 0 Å². The van der Waals surface area contributed by atoms with Crippen molar-refractivity contribution in [3.63, 3.8) is 0 Å². The average Bonchev–Trinajstić information content (AvgIpc) is 2.56. The van der Waals surface area contributed by atoms with Gasteiger partial charge in [0, 0.05) is 50.0 Å². The van der Waals surface area contributed by atoms with Crippen molar-refractivity contribution < 1.29 is 0 Å². The Hall–Kier alpha value is -2.01. The molecule has 0 bridgehead atoms. The van der Waals surface area contributed by atoms with Gasteiger partial charge in [-0.05, 0) is 38.9 Å². The Morgan fingerprint density at radius 2 is 2.23 bits per heavy atom. The number of rotatable bonds is 4. The van der Waals surface area contributed by atoms with Crippen molar-refractivity contribution in [3.8, 4) is 0 Å². The standard InChI is InChI=1S/C17H23N5/c1-14-5-3-7-17(20-14)22-10-4-6-16(13-22)21(2)12-15-11-18-8-9-19-15/h3,5,7-9,11,16H,4,6,10,12-13H2,1-2H3/t16-/m0/s1. The minimum Gasteiger partial charge on any atom is -0.355 e. The normalized spacial score (nSPS) is 18.7. The molecule has 22 heavy (non-hydrogen) atoms. The van der Waals surface area contributed by atoms with E-state index in [1.54, 1.807) is 12.4 Å². The molecule has 1 saturated heterocycles. The molecule has 0 unspecified atom stereocenters. The van der Waals surface area contributed by atoms with Crippen LogP contribution in [0.1, 0.15) is 24.2 Å². The van der Waals surface area contributed by atoms with Crippen LogP contribution in [0.25, 0.3) is 0 Å². The second-order valence-electron chi connectivity index (χ2n) is 5.99. The van der Waals surface area contributed by atoms with Crippen LogP contribution in [0.4, 0.5) is 5.82 Å². The molecule has 3 heterocycles. The summed E-state index contributed by atoms with van der Waals surface area (Å²) >= 11 is 0. The molecule has 0 spiro atoms. The van der Waals surface area contributed by atoms with Crippen molar-refractivity contribution in [2.45, 2.75) is 32.4 Å². The zero-order valence-electron chi connectivity index (χ0n) is 13.3. The lowest BCUT2D eigenvalue weighted by Gasteiger charge is -2.38. The van der Waals surface area contributed by atoms with Gasteiger partial charge in [0.2, 0.25) is 0 Å². The first-order chi connectivity index (χ1) is 10.7. The Bertz CT molecular complexity index is 601. The van der Waals surface area contributed by atoms with Gasteiger partial charge in [-0.25, -0.2) is 4.98 Å². The highest BCUT2D eigenvalue weighted by Gasteiger charge is 2.24. The molecule has 0 aromatic carbocycles. The summed E-state index contributed by atoms with van der Waals surface area (Å²) in [4.78, 5) is 18.0. The van der Waals surface area contributed by atoms with Gasteiger partial charge in [0.05, 0.1) is 5.69 Å². The SMILES string of the molecule is Cc1cccc(N2CCC[C@H](N(C)Cc3cnccn3)C2)n1. The molecule has 1 aliphatic rings. The quantitative estimate of drug-likeness (QED) is 0.866. The third-order valence-corrected chi connectivity index (χ3v) is 4.25. The maximum Gasteiger partial charge on any atom is 0.128 e. The molecular formula is C17H23N5. The lowest BCUT2D eigenvalue weighted by Crippen LogP contribution is -2.46.